The zero-order chi connectivity index (χ0) is 21.0. The largest absolute Gasteiger partial charge is 0.505 e. The number of nitrogens with zero attached hydrogens (tertiary/aromatic N) is 2. The van der Waals surface area contributed by atoms with Crippen LogP contribution >= 0.6 is 0 Å². The molecule has 2 amide bonds. The molecule has 0 saturated heterocycles. The number of benzene rings is 2. The van der Waals surface area contributed by atoms with Gasteiger partial charge in [0.1, 0.15) is 11.4 Å². The maximum atomic E-state index is 12.6. The van der Waals surface area contributed by atoms with Crippen LogP contribution in [-0.4, -0.2) is 33.8 Å². The maximum absolute atomic E-state index is 12.6. The number of hydrogen-bond donors (Lipinski definition) is 3. The number of carbonyl (C=O) groups excluding carboxylic acids is 2. The van der Waals surface area contributed by atoms with Crippen LogP contribution in [0.4, 0.5) is 11.4 Å². The quantitative estimate of drug-likeness (QED) is 0.609. The Morgan fingerprint density at radius 1 is 1.03 bits per heavy atom. The van der Waals surface area contributed by atoms with Gasteiger partial charge in [-0.25, -0.2) is 0 Å². The number of hydrogen-bond acceptors (Lipinski definition) is 6. The molecular formula is C20H18N4O5. The van der Waals surface area contributed by atoms with Crippen LogP contribution in [0.15, 0.2) is 59.4 Å². The molecule has 1 heterocycles. The molecule has 0 aliphatic carbocycles. The maximum Gasteiger partial charge on any atom is 0.279 e. The van der Waals surface area contributed by atoms with Gasteiger partial charge in [0.25, 0.3) is 11.5 Å². The molecule has 0 unspecified atom stereocenters. The van der Waals surface area contributed by atoms with E-state index in [2.05, 4.69) is 15.7 Å². The molecule has 3 aromatic rings. The first-order valence-corrected chi connectivity index (χ1v) is 8.55. The van der Waals surface area contributed by atoms with Crippen molar-refractivity contribution in [3.63, 3.8) is 0 Å². The van der Waals surface area contributed by atoms with Crippen molar-refractivity contribution in [2.45, 2.75) is 6.92 Å². The van der Waals surface area contributed by atoms with Gasteiger partial charge in [-0.15, -0.1) is 0 Å². The highest BCUT2D eigenvalue weighted by Crippen LogP contribution is 2.22. The van der Waals surface area contributed by atoms with Crippen LogP contribution < -0.4 is 20.9 Å². The van der Waals surface area contributed by atoms with E-state index in [4.69, 9.17) is 4.74 Å². The molecule has 0 atom stereocenters. The Labute approximate surface area is 165 Å². The predicted octanol–water partition coefficient (Wildman–Crippen LogP) is 2.16. The van der Waals surface area contributed by atoms with Crippen molar-refractivity contribution in [3.05, 3.63) is 70.6 Å². The molecule has 9 nitrogen and oxygen atoms in total. The third kappa shape index (κ3) is 4.41. The average Bonchev–Trinajstić information content (AvgIpc) is 2.69. The number of para-hydroxylation sites is 2. The number of rotatable bonds is 5. The van der Waals surface area contributed by atoms with Gasteiger partial charge in [-0.2, -0.15) is 9.78 Å². The van der Waals surface area contributed by atoms with Gasteiger partial charge in [-0.3, -0.25) is 14.4 Å². The molecule has 3 N–H and O–H groups in total. The number of aromatic nitrogens is 2. The lowest BCUT2D eigenvalue weighted by Crippen LogP contribution is -2.25. The minimum atomic E-state index is -0.710. The molecule has 1 aromatic heterocycles. The number of ether oxygens (including phenoxy) is 1. The van der Waals surface area contributed by atoms with Gasteiger partial charge < -0.3 is 20.5 Å². The summed E-state index contributed by atoms with van der Waals surface area (Å²) in [5, 5.41) is 19.3. The summed E-state index contributed by atoms with van der Waals surface area (Å²) in [5.74, 6) is -1.09. The van der Waals surface area contributed by atoms with E-state index in [9.17, 15) is 19.5 Å². The van der Waals surface area contributed by atoms with E-state index in [1.807, 2.05) is 0 Å². The normalized spacial score (nSPS) is 10.3. The van der Waals surface area contributed by atoms with Gasteiger partial charge in [-0.05, 0) is 36.4 Å². The first-order chi connectivity index (χ1) is 13.9. The third-order valence-corrected chi connectivity index (χ3v) is 3.90. The van der Waals surface area contributed by atoms with Gasteiger partial charge in [0.2, 0.25) is 5.91 Å². The van der Waals surface area contributed by atoms with Crippen molar-refractivity contribution >= 4 is 23.2 Å². The van der Waals surface area contributed by atoms with E-state index in [1.54, 1.807) is 48.5 Å². The Bertz CT molecular complexity index is 1120. The predicted molar refractivity (Wildman–Crippen MR) is 107 cm³/mol. The lowest BCUT2D eigenvalue weighted by molar-refractivity contribution is -0.114. The molecule has 29 heavy (non-hydrogen) atoms. The molecular weight excluding hydrogens is 376 g/mol. The van der Waals surface area contributed by atoms with Crippen LogP contribution in [0, 0.1) is 0 Å². The number of carbonyl (C=O) groups is 2. The molecule has 0 radical (unpaired) electrons. The monoisotopic (exact) mass is 394 g/mol. The van der Waals surface area contributed by atoms with Gasteiger partial charge in [-0.1, -0.05) is 12.1 Å². The van der Waals surface area contributed by atoms with Crippen LogP contribution in [0.25, 0.3) is 5.69 Å². The highest BCUT2D eigenvalue weighted by Gasteiger charge is 2.18. The van der Waals surface area contributed by atoms with Crippen molar-refractivity contribution in [1.29, 1.82) is 0 Å². The Hall–Kier alpha value is -4.14. The number of anilines is 2. The van der Waals surface area contributed by atoms with E-state index in [0.29, 0.717) is 22.8 Å². The number of amides is 2. The summed E-state index contributed by atoms with van der Waals surface area (Å²) in [6.45, 7) is 1.39. The van der Waals surface area contributed by atoms with Crippen molar-refractivity contribution < 1.29 is 19.4 Å². The zero-order valence-corrected chi connectivity index (χ0v) is 15.7. The third-order valence-electron chi connectivity index (χ3n) is 3.90. The highest BCUT2D eigenvalue weighted by atomic mass is 16.5. The van der Waals surface area contributed by atoms with E-state index in [1.165, 1.54) is 14.0 Å². The smallest absolute Gasteiger partial charge is 0.279 e. The van der Waals surface area contributed by atoms with Crippen LogP contribution in [-0.2, 0) is 4.79 Å². The first kappa shape index (κ1) is 19.6. The van der Waals surface area contributed by atoms with Crippen LogP contribution in [0.2, 0.25) is 0 Å². The summed E-state index contributed by atoms with van der Waals surface area (Å²) in [6.07, 6.45) is 0. The molecule has 0 fully saturated rings. The fraction of sp³-hybridized carbons (Fsp3) is 0.100. The van der Waals surface area contributed by atoms with Crippen molar-refractivity contribution in [2.24, 2.45) is 0 Å². The molecule has 0 saturated carbocycles. The van der Waals surface area contributed by atoms with Crippen LogP contribution in [0.5, 0.6) is 11.5 Å². The zero-order valence-electron chi connectivity index (χ0n) is 15.7. The Balaban J connectivity index is 1.91. The van der Waals surface area contributed by atoms with Crippen molar-refractivity contribution in [2.75, 3.05) is 17.7 Å². The minimum Gasteiger partial charge on any atom is -0.505 e. The highest BCUT2D eigenvalue weighted by molar-refractivity contribution is 6.04. The summed E-state index contributed by atoms with van der Waals surface area (Å²) in [7, 11) is 1.45. The molecule has 3 rings (SSSR count). The lowest BCUT2D eigenvalue weighted by Gasteiger charge is -2.12. The van der Waals surface area contributed by atoms with Gasteiger partial charge >= 0.3 is 0 Å². The molecule has 0 aliphatic rings. The summed E-state index contributed by atoms with van der Waals surface area (Å²) in [5.41, 5.74) is 0.361. The first-order valence-electron chi connectivity index (χ1n) is 8.55. The van der Waals surface area contributed by atoms with Gasteiger partial charge in [0.15, 0.2) is 11.4 Å². The summed E-state index contributed by atoms with van der Waals surface area (Å²) < 4.78 is 6.21. The molecule has 0 bridgehead atoms. The number of nitrogens with one attached hydrogen (secondary N) is 2. The molecule has 0 spiro atoms. The van der Waals surface area contributed by atoms with E-state index in [0.717, 1.165) is 10.7 Å². The molecule has 148 valence electrons. The molecule has 0 aliphatic heterocycles. The number of methoxy groups -OCH3 is 1. The Morgan fingerprint density at radius 2 is 1.66 bits per heavy atom. The summed E-state index contributed by atoms with van der Waals surface area (Å²) >= 11 is 0. The second kappa shape index (κ2) is 8.26. The van der Waals surface area contributed by atoms with E-state index < -0.39 is 17.2 Å². The molecule has 2 aromatic carbocycles. The fourth-order valence-electron chi connectivity index (χ4n) is 2.62. The van der Waals surface area contributed by atoms with Crippen molar-refractivity contribution in [1.82, 2.24) is 9.78 Å². The number of aromatic hydroxyl groups is 1. The van der Waals surface area contributed by atoms with Crippen LogP contribution in [0.1, 0.15) is 17.4 Å². The standard InChI is InChI=1S/C20H18N4O5/c1-12(25)21-13-7-9-14(10-8-13)22-20(28)19-16(26)11-18(27)24(23-19)15-5-3-4-6-17(15)29-2/h3-11,26H,1-2H3,(H,21,25)(H,22,28). The van der Waals surface area contributed by atoms with Crippen molar-refractivity contribution in [3.8, 4) is 17.2 Å². The SMILES string of the molecule is COc1ccccc1-n1nc(C(=O)Nc2ccc(NC(C)=O)cc2)c(O)cc1=O. The Morgan fingerprint density at radius 3 is 2.28 bits per heavy atom. The second-order valence-corrected chi connectivity index (χ2v) is 6.01. The second-order valence-electron chi connectivity index (χ2n) is 6.01. The fourth-order valence-corrected chi connectivity index (χ4v) is 2.62. The summed E-state index contributed by atoms with van der Waals surface area (Å²) in [6, 6.07) is 14.0. The average molecular weight is 394 g/mol. The topological polar surface area (TPSA) is 123 Å². The van der Waals surface area contributed by atoms with E-state index >= 15 is 0 Å². The minimum absolute atomic E-state index is 0.213. The Kier molecular flexibility index (Phi) is 5.59. The van der Waals surface area contributed by atoms with Crippen LogP contribution in [0.3, 0.4) is 0 Å². The van der Waals surface area contributed by atoms with Gasteiger partial charge in [0.05, 0.1) is 7.11 Å². The molecule has 9 heteroatoms. The van der Waals surface area contributed by atoms with E-state index in [-0.39, 0.29) is 11.6 Å². The lowest BCUT2D eigenvalue weighted by atomic mass is 10.2. The summed E-state index contributed by atoms with van der Waals surface area (Å²) in [4.78, 5) is 35.9. The van der Waals surface area contributed by atoms with Gasteiger partial charge in [0, 0.05) is 24.4 Å².